The summed E-state index contributed by atoms with van der Waals surface area (Å²) in [5.41, 5.74) is 13.4. The first kappa shape index (κ1) is 16.5. The van der Waals surface area contributed by atoms with E-state index in [0.717, 1.165) is 11.2 Å². The van der Waals surface area contributed by atoms with Crippen LogP contribution in [0.4, 0.5) is 16.0 Å². The molecule has 128 valence electrons. The molecule has 0 radical (unpaired) electrons. The molecule has 0 atom stereocenters. The fourth-order valence-corrected chi connectivity index (χ4v) is 3.41. The minimum absolute atomic E-state index is 0.181. The van der Waals surface area contributed by atoms with Gasteiger partial charge in [0, 0.05) is 18.7 Å². The van der Waals surface area contributed by atoms with Gasteiger partial charge >= 0.3 is 0 Å². The fraction of sp³-hybridized carbons (Fsp3) is 0.333. The van der Waals surface area contributed by atoms with Crippen molar-refractivity contribution in [3.05, 3.63) is 17.9 Å². The molecule has 0 unspecified atom stereocenters. The number of likely N-dealkylation sites (N-methyl/N-ethyl adjacent to an activating group) is 1. The maximum Gasteiger partial charge on any atom is 0.167 e. The lowest BCUT2D eigenvalue weighted by Gasteiger charge is -2.10. The summed E-state index contributed by atoms with van der Waals surface area (Å²) < 4.78 is 21.3. The van der Waals surface area contributed by atoms with Crippen LogP contribution in [-0.4, -0.2) is 47.4 Å². The van der Waals surface area contributed by atoms with Crippen LogP contribution in [0.15, 0.2) is 12.1 Å². The van der Waals surface area contributed by atoms with Gasteiger partial charge in [-0.1, -0.05) is 0 Å². The molecule has 0 aliphatic heterocycles. The summed E-state index contributed by atoms with van der Waals surface area (Å²) in [4.78, 5) is 6.48. The Labute approximate surface area is 142 Å². The second kappa shape index (κ2) is 6.25. The summed E-state index contributed by atoms with van der Waals surface area (Å²) in [5, 5.41) is 4.91. The molecule has 1 aromatic carbocycles. The van der Waals surface area contributed by atoms with Crippen molar-refractivity contribution in [2.24, 2.45) is 0 Å². The standard InChI is InChI=1S/C15H19FN6OS/c1-21(2)4-5-22-14(18)12(13(17)20-22)15-19-9-6-8(16)10(23-3)7-11(9)24-15/h6-7H,4-5,18H2,1-3H3,(H2,17,20). The molecule has 0 amide bonds. The number of hydrogen-bond acceptors (Lipinski definition) is 7. The number of fused-ring (bicyclic) bond motifs is 1. The average molecular weight is 350 g/mol. The minimum atomic E-state index is -0.454. The summed E-state index contributed by atoms with van der Waals surface area (Å²) >= 11 is 1.37. The van der Waals surface area contributed by atoms with Crippen LogP contribution in [0.3, 0.4) is 0 Å². The Morgan fingerprint density at radius 3 is 2.75 bits per heavy atom. The van der Waals surface area contributed by atoms with Crippen molar-refractivity contribution in [1.29, 1.82) is 0 Å². The Hall–Kier alpha value is -2.39. The zero-order valence-corrected chi connectivity index (χ0v) is 14.5. The van der Waals surface area contributed by atoms with Crippen LogP contribution in [0.1, 0.15) is 0 Å². The maximum atomic E-state index is 13.8. The molecular formula is C15H19FN6OS. The van der Waals surface area contributed by atoms with E-state index in [2.05, 4.69) is 10.1 Å². The molecule has 4 N–H and O–H groups in total. The molecule has 0 spiro atoms. The highest BCUT2D eigenvalue weighted by Crippen LogP contribution is 2.38. The van der Waals surface area contributed by atoms with Crippen molar-refractivity contribution < 1.29 is 9.13 Å². The summed E-state index contributed by atoms with van der Waals surface area (Å²) in [6, 6.07) is 2.96. The van der Waals surface area contributed by atoms with E-state index >= 15 is 0 Å². The molecule has 3 aromatic rings. The van der Waals surface area contributed by atoms with Crippen LogP contribution in [-0.2, 0) is 6.54 Å². The first-order valence-corrected chi connectivity index (χ1v) is 8.13. The first-order chi connectivity index (χ1) is 11.4. The number of nitrogen functional groups attached to an aromatic ring is 2. The predicted molar refractivity (Wildman–Crippen MR) is 94.7 cm³/mol. The zero-order valence-electron chi connectivity index (χ0n) is 13.7. The quantitative estimate of drug-likeness (QED) is 0.731. The highest BCUT2D eigenvalue weighted by atomic mass is 32.1. The van der Waals surface area contributed by atoms with Crippen LogP contribution in [0, 0.1) is 5.82 Å². The van der Waals surface area contributed by atoms with E-state index in [-0.39, 0.29) is 5.75 Å². The third-order valence-electron chi connectivity index (χ3n) is 3.65. The van der Waals surface area contributed by atoms with Crippen LogP contribution in [0.2, 0.25) is 0 Å². The molecule has 7 nitrogen and oxygen atoms in total. The second-order valence-electron chi connectivity index (χ2n) is 5.65. The Bertz CT molecular complexity index is 888. The van der Waals surface area contributed by atoms with Gasteiger partial charge in [0.05, 0.1) is 29.4 Å². The monoisotopic (exact) mass is 350 g/mol. The SMILES string of the molecule is COc1cc2sc(-c3c(N)nn(CCN(C)C)c3N)nc2cc1F. The molecule has 24 heavy (non-hydrogen) atoms. The van der Waals surface area contributed by atoms with Gasteiger partial charge in [0.1, 0.15) is 10.8 Å². The third-order valence-corrected chi connectivity index (χ3v) is 4.69. The van der Waals surface area contributed by atoms with Crippen molar-refractivity contribution in [3.63, 3.8) is 0 Å². The van der Waals surface area contributed by atoms with E-state index in [1.807, 2.05) is 19.0 Å². The van der Waals surface area contributed by atoms with Crippen molar-refractivity contribution in [1.82, 2.24) is 19.7 Å². The Balaban J connectivity index is 2.04. The number of methoxy groups -OCH3 is 1. The van der Waals surface area contributed by atoms with Gasteiger partial charge in [-0.05, 0) is 14.1 Å². The van der Waals surface area contributed by atoms with Crippen molar-refractivity contribution >= 4 is 33.2 Å². The van der Waals surface area contributed by atoms with E-state index in [1.54, 1.807) is 10.7 Å². The van der Waals surface area contributed by atoms with Crippen molar-refractivity contribution in [3.8, 4) is 16.3 Å². The maximum absolute atomic E-state index is 13.8. The summed E-state index contributed by atoms with van der Waals surface area (Å²) in [6.45, 7) is 1.41. The molecule has 2 aromatic heterocycles. The molecular weight excluding hydrogens is 331 g/mol. The van der Waals surface area contributed by atoms with E-state index in [1.165, 1.54) is 24.5 Å². The Morgan fingerprint density at radius 1 is 1.33 bits per heavy atom. The Kier molecular flexibility index (Phi) is 4.29. The molecule has 0 saturated carbocycles. The third kappa shape index (κ3) is 2.87. The summed E-state index contributed by atoms with van der Waals surface area (Å²) in [6.07, 6.45) is 0. The lowest BCUT2D eigenvalue weighted by molar-refractivity contribution is 0.375. The van der Waals surface area contributed by atoms with Gasteiger partial charge in [-0.3, -0.25) is 0 Å². The number of thiazole rings is 1. The number of benzene rings is 1. The predicted octanol–water partition coefficient (Wildman–Crippen LogP) is 2.03. The molecule has 0 bridgehead atoms. The highest BCUT2D eigenvalue weighted by molar-refractivity contribution is 7.21. The van der Waals surface area contributed by atoms with Crippen LogP contribution in [0.25, 0.3) is 20.8 Å². The Morgan fingerprint density at radius 2 is 2.08 bits per heavy atom. The molecule has 0 aliphatic rings. The largest absolute Gasteiger partial charge is 0.494 e. The smallest absolute Gasteiger partial charge is 0.167 e. The van der Waals surface area contributed by atoms with Gasteiger partial charge in [-0.15, -0.1) is 11.3 Å². The van der Waals surface area contributed by atoms with Crippen LogP contribution < -0.4 is 16.2 Å². The lowest BCUT2D eigenvalue weighted by atomic mass is 10.3. The van der Waals surface area contributed by atoms with Gasteiger partial charge in [-0.2, -0.15) is 5.10 Å². The normalized spacial score (nSPS) is 11.5. The number of ether oxygens (including phenoxy) is 1. The molecule has 2 heterocycles. The summed E-state index contributed by atoms with van der Waals surface area (Å²) in [7, 11) is 5.37. The van der Waals surface area contributed by atoms with Gasteiger partial charge in [-0.25, -0.2) is 14.1 Å². The number of nitrogens with two attached hydrogens (primary N) is 2. The number of nitrogens with zero attached hydrogens (tertiary/aromatic N) is 4. The van der Waals surface area contributed by atoms with Gasteiger partial charge in [0.2, 0.25) is 0 Å². The van der Waals surface area contributed by atoms with E-state index in [4.69, 9.17) is 16.2 Å². The lowest BCUT2D eigenvalue weighted by Crippen LogP contribution is -2.20. The van der Waals surface area contributed by atoms with E-state index < -0.39 is 5.82 Å². The van der Waals surface area contributed by atoms with Crippen LogP contribution in [0.5, 0.6) is 5.75 Å². The first-order valence-electron chi connectivity index (χ1n) is 7.31. The zero-order chi connectivity index (χ0) is 17.4. The van der Waals surface area contributed by atoms with Gasteiger partial charge in [0.25, 0.3) is 0 Å². The highest BCUT2D eigenvalue weighted by Gasteiger charge is 2.20. The van der Waals surface area contributed by atoms with Crippen molar-refractivity contribution in [2.75, 3.05) is 39.2 Å². The topological polar surface area (TPSA) is 95.2 Å². The van der Waals surface area contributed by atoms with E-state index in [9.17, 15) is 4.39 Å². The van der Waals surface area contributed by atoms with E-state index in [0.29, 0.717) is 34.3 Å². The second-order valence-corrected chi connectivity index (χ2v) is 6.68. The minimum Gasteiger partial charge on any atom is -0.494 e. The molecule has 0 aliphatic carbocycles. The fourth-order valence-electron chi connectivity index (χ4n) is 2.37. The molecule has 3 rings (SSSR count). The number of anilines is 2. The molecule has 0 fully saturated rings. The number of hydrogen-bond donors (Lipinski definition) is 2. The van der Waals surface area contributed by atoms with Crippen LogP contribution >= 0.6 is 11.3 Å². The van der Waals surface area contributed by atoms with Gasteiger partial charge in [0.15, 0.2) is 17.4 Å². The molecule has 9 heteroatoms. The summed E-state index contributed by atoms with van der Waals surface area (Å²) in [5.74, 6) is 0.503. The number of aromatic nitrogens is 3. The average Bonchev–Trinajstić information content (AvgIpc) is 3.04. The van der Waals surface area contributed by atoms with Gasteiger partial charge < -0.3 is 21.1 Å². The number of halogens is 1. The molecule has 0 saturated heterocycles. The van der Waals surface area contributed by atoms with Crippen molar-refractivity contribution in [2.45, 2.75) is 6.54 Å². The number of rotatable bonds is 5.